The first-order valence-electron chi connectivity index (χ1n) is 20.6. The second-order valence-electron chi connectivity index (χ2n) is 14.3. The van der Waals surface area contributed by atoms with Gasteiger partial charge in [0, 0.05) is 42.3 Å². The van der Waals surface area contributed by atoms with Crippen LogP contribution in [-0.2, 0) is 9.53 Å². The largest absolute Gasteiger partial charge is 0.372 e. The highest BCUT2D eigenvalue weighted by Gasteiger charge is 2.37. The van der Waals surface area contributed by atoms with Gasteiger partial charge in [-0.3, -0.25) is 9.79 Å². The number of amides is 3. The molecule has 1 saturated heterocycles. The molecule has 0 aromatic carbocycles. The highest BCUT2D eigenvalue weighted by atomic mass is 32.2. The Hall–Kier alpha value is -2.82. The first-order chi connectivity index (χ1) is 25.9. The molecule has 54 heavy (non-hydrogen) atoms. The minimum atomic E-state index is -0.747. The van der Waals surface area contributed by atoms with Crippen molar-refractivity contribution in [1.29, 1.82) is 0 Å². The van der Waals surface area contributed by atoms with Crippen LogP contribution in [0.4, 0.5) is 4.79 Å². The number of ether oxygens (including phenoxy) is 1. The summed E-state index contributed by atoms with van der Waals surface area (Å²) in [5.41, 5.74) is 5.85. The van der Waals surface area contributed by atoms with Crippen molar-refractivity contribution in [3.8, 4) is 0 Å². The van der Waals surface area contributed by atoms with E-state index in [1.807, 2.05) is 38.6 Å². The molecule has 0 spiro atoms. The van der Waals surface area contributed by atoms with Gasteiger partial charge in [-0.15, -0.1) is 6.58 Å². The minimum absolute atomic E-state index is 0.162. The zero-order chi connectivity index (χ0) is 41.3. The summed E-state index contributed by atoms with van der Waals surface area (Å²) in [6.45, 7) is 28.5. The van der Waals surface area contributed by atoms with Crippen molar-refractivity contribution >= 4 is 30.0 Å². The zero-order valence-corrected chi connectivity index (χ0v) is 36.8. The summed E-state index contributed by atoms with van der Waals surface area (Å²) in [5, 5.41) is 12.3. The Morgan fingerprint density at radius 1 is 1.00 bits per heavy atom. The average Bonchev–Trinajstić information content (AvgIpc) is 3.54. The third kappa shape index (κ3) is 26.1. The van der Waals surface area contributed by atoms with Gasteiger partial charge in [-0.25, -0.2) is 4.79 Å². The maximum atomic E-state index is 12.3. The number of rotatable bonds is 21. The summed E-state index contributed by atoms with van der Waals surface area (Å²) in [4.78, 5) is 27.1. The Labute approximate surface area is 336 Å². The van der Waals surface area contributed by atoms with Crippen molar-refractivity contribution in [2.75, 3.05) is 19.8 Å². The van der Waals surface area contributed by atoms with E-state index in [1.165, 1.54) is 64.1 Å². The van der Waals surface area contributed by atoms with Crippen molar-refractivity contribution in [2.24, 2.45) is 28.5 Å². The Kier molecular flexibility index (Phi) is 34.2. The molecule has 0 aromatic rings. The van der Waals surface area contributed by atoms with Crippen LogP contribution in [0.25, 0.3) is 0 Å². The van der Waals surface area contributed by atoms with E-state index in [0.29, 0.717) is 36.3 Å². The summed E-state index contributed by atoms with van der Waals surface area (Å²) in [6, 6.07) is -1.11. The normalized spacial score (nSPS) is 21.2. The van der Waals surface area contributed by atoms with E-state index in [2.05, 4.69) is 87.7 Å². The van der Waals surface area contributed by atoms with Gasteiger partial charge in [0.2, 0.25) is 5.91 Å². The van der Waals surface area contributed by atoms with E-state index in [9.17, 15) is 9.59 Å². The molecule has 3 amide bonds. The molecule has 8 atom stereocenters. The number of nitrogens with two attached hydrogens (primary N) is 1. The number of likely N-dealkylation sites (N-methyl/N-ethyl adjacent to an activating group) is 1. The number of primary amides is 1. The van der Waals surface area contributed by atoms with Crippen LogP contribution in [-0.4, -0.2) is 73.7 Å². The molecule has 10 heteroatoms. The molecule has 2 aliphatic rings. The second kappa shape index (κ2) is 34.7. The second-order valence-corrected chi connectivity index (χ2v) is 15.5. The Bertz CT molecular complexity index is 1080. The molecule has 312 valence electrons. The smallest absolute Gasteiger partial charge is 0.312 e. The lowest BCUT2D eigenvalue weighted by molar-refractivity contribution is -0.123. The molecule has 0 radical (unpaired) electrons. The van der Waals surface area contributed by atoms with Crippen LogP contribution in [0.15, 0.2) is 66.9 Å². The molecule has 0 aromatic heterocycles. The standard InChI is InChI=1S/C17H27N5O2.C17H31NOS.C8H18.C2H6/c1-5-6-7-8-9-10-15(22-17(18)24)16(23)21-14(3)11-13(2)20-12-19-4;1-4-10-20-17-12-16(19-13(17)2)15(18-3)11-14-8-6-5-7-9-14;1-5-7(3)8(4)6-2;1-2/h5-9,12,14-15H,1-2,10-11H2,3-4H3,(H,19,20)(H,21,23)(H3,18,22,24);4,13-18H,1,5-12H2,2-3H3;7-8H,5-6H2,1-4H3;1-2H3/b7-6-,9-8+;;;. The van der Waals surface area contributed by atoms with Crippen LogP contribution in [0.3, 0.4) is 0 Å². The monoisotopic (exact) mass is 775 g/mol. The van der Waals surface area contributed by atoms with Crippen molar-refractivity contribution in [2.45, 2.75) is 162 Å². The van der Waals surface area contributed by atoms with Gasteiger partial charge in [-0.1, -0.05) is 136 Å². The summed E-state index contributed by atoms with van der Waals surface area (Å²) in [7, 11) is 3.75. The summed E-state index contributed by atoms with van der Waals surface area (Å²) < 4.78 is 6.25. The maximum absolute atomic E-state index is 12.3. The third-order valence-electron chi connectivity index (χ3n) is 10.0. The lowest BCUT2D eigenvalue weighted by atomic mass is 9.83. The fourth-order valence-electron chi connectivity index (χ4n) is 6.35. The number of allylic oxidation sites excluding steroid dienone is 4. The van der Waals surface area contributed by atoms with Crippen LogP contribution in [0.5, 0.6) is 0 Å². The van der Waals surface area contributed by atoms with Crippen LogP contribution in [0.2, 0.25) is 0 Å². The van der Waals surface area contributed by atoms with E-state index < -0.39 is 12.1 Å². The Morgan fingerprint density at radius 3 is 2.15 bits per heavy atom. The van der Waals surface area contributed by atoms with Crippen LogP contribution < -0.4 is 27.0 Å². The van der Waals surface area contributed by atoms with Crippen LogP contribution >= 0.6 is 11.8 Å². The number of urea groups is 1. The van der Waals surface area contributed by atoms with Gasteiger partial charge in [0.25, 0.3) is 0 Å². The fraction of sp³-hybridized carbons (Fsp3) is 0.705. The lowest BCUT2D eigenvalue weighted by Gasteiger charge is -2.29. The molecule has 2 rings (SSSR count). The molecular formula is C44H82N6O3S. The molecule has 8 unspecified atom stereocenters. The van der Waals surface area contributed by atoms with Crippen LogP contribution in [0.1, 0.15) is 126 Å². The first kappa shape index (κ1) is 53.3. The number of thioether (sulfide) groups is 1. The molecule has 1 saturated carbocycles. The number of aliphatic imine (C=N–C) groups is 1. The van der Waals surface area contributed by atoms with Crippen LogP contribution in [0, 0.1) is 17.8 Å². The summed E-state index contributed by atoms with van der Waals surface area (Å²) in [6.07, 6.45) is 26.2. The molecule has 0 bridgehead atoms. The van der Waals surface area contributed by atoms with Crippen molar-refractivity contribution in [1.82, 2.24) is 21.3 Å². The third-order valence-corrected chi connectivity index (χ3v) is 11.5. The number of hydrogen-bond donors (Lipinski definition) is 5. The predicted molar refractivity (Wildman–Crippen MR) is 238 cm³/mol. The molecule has 1 aliphatic carbocycles. The molecule has 9 nitrogen and oxygen atoms in total. The molecule has 2 fully saturated rings. The molecular weight excluding hydrogens is 693 g/mol. The van der Waals surface area contributed by atoms with E-state index in [4.69, 9.17) is 10.5 Å². The van der Waals surface area contributed by atoms with Gasteiger partial charge in [0.1, 0.15) is 6.04 Å². The van der Waals surface area contributed by atoms with Crippen molar-refractivity contribution in [3.63, 3.8) is 0 Å². The van der Waals surface area contributed by atoms with Gasteiger partial charge in [-0.2, -0.15) is 11.8 Å². The molecule has 1 aliphatic heterocycles. The lowest BCUT2D eigenvalue weighted by Crippen LogP contribution is -2.50. The van der Waals surface area contributed by atoms with E-state index in [1.54, 1.807) is 37.4 Å². The summed E-state index contributed by atoms with van der Waals surface area (Å²) >= 11 is 2.00. The number of nitrogens with zero attached hydrogens (tertiary/aromatic N) is 1. The highest BCUT2D eigenvalue weighted by molar-refractivity contribution is 8.00. The Balaban J connectivity index is 0. The van der Waals surface area contributed by atoms with E-state index in [-0.39, 0.29) is 11.9 Å². The van der Waals surface area contributed by atoms with Crippen molar-refractivity contribution < 1.29 is 14.3 Å². The first-order valence-corrected chi connectivity index (χ1v) is 21.6. The number of nitrogens with one attached hydrogen (secondary N) is 4. The van der Waals surface area contributed by atoms with Gasteiger partial charge < -0.3 is 31.7 Å². The zero-order valence-electron chi connectivity index (χ0n) is 36.0. The molecule has 6 N–H and O–H groups in total. The number of carbonyl (C=O) groups excluding carboxylic acids is 2. The van der Waals surface area contributed by atoms with Gasteiger partial charge in [0.05, 0.1) is 18.5 Å². The van der Waals surface area contributed by atoms with Gasteiger partial charge in [0.15, 0.2) is 0 Å². The highest BCUT2D eigenvalue weighted by Crippen LogP contribution is 2.35. The predicted octanol–water partition coefficient (Wildman–Crippen LogP) is 9.48. The van der Waals surface area contributed by atoms with Gasteiger partial charge >= 0.3 is 6.03 Å². The van der Waals surface area contributed by atoms with Crippen molar-refractivity contribution in [3.05, 3.63) is 61.9 Å². The topological polar surface area (TPSA) is 130 Å². The summed E-state index contributed by atoms with van der Waals surface area (Å²) in [5.74, 6) is 3.48. The quantitative estimate of drug-likeness (QED) is 0.0342. The average molecular weight is 775 g/mol. The Morgan fingerprint density at radius 2 is 1.63 bits per heavy atom. The van der Waals surface area contributed by atoms with Gasteiger partial charge in [-0.05, 0) is 57.9 Å². The molecule has 1 heterocycles. The fourth-order valence-corrected chi connectivity index (χ4v) is 7.40. The maximum Gasteiger partial charge on any atom is 0.312 e. The minimum Gasteiger partial charge on any atom is -0.372 e. The number of hydrogen-bond acceptors (Lipinski definition) is 6. The van der Waals surface area contributed by atoms with E-state index >= 15 is 0 Å². The number of carbonyl (C=O) groups is 2. The SMILES string of the molecule is C=C/C=C\C=C\CC(NC(N)=O)C(=O)NC(C)CC(=C)NC=NC.C=CCSC1CC(C(CC2CCCCC2)NC)OC1C.CC.CCC(C)C(C)CC. The van der Waals surface area contributed by atoms with E-state index in [0.717, 1.165) is 29.2 Å².